The maximum atomic E-state index is 12.5. The second kappa shape index (κ2) is 7.10. The molecule has 1 N–H and O–H groups in total. The molecule has 0 spiro atoms. The largest absolute Gasteiger partial charge is 0.377 e. The number of para-hydroxylation sites is 1. The zero-order valence-corrected chi connectivity index (χ0v) is 14.3. The van der Waals surface area contributed by atoms with Crippen LogP contribution in [0.4, 0.5) is 10.8 Å². The highest BCUT2D eigenvalue weighted by Crippen LogP contribution is 2.26. The van der Waals surface area contributed by atoms with E-state index >= 15 is 0 Å². The molecule has 5 nitrogen and oxygen atoms in total. The highest BCUT2D eigenvalue weighted by molar-refractivity contribution is 7.13. The average molecular weight is 330 g/mol. The van der Waals surface area contributed by atoms with E-state index in [9.17, 15) is 4.79 Å². The van der Waals surface area contributed by atoms with Crippen LogP contribution in [0.15, 0.2) is 35.8 Å². The number of nitrogens with zero attached hydrogens (tertiary/aromatic N) is 3. The maximum Gasteiger partial charge on any atom is 0.243 e. The smallest absolute Gasteiger partial charge is 0.243 e. The van der Waals surface area contributed by atoms with Gasteiger partial charge in [0.25, 0.3) is 0 Å². The minimum atomic E-state index is -0.0749. The summed E-state index contributed by atoms with van der Waals surface area (Å²) in [5.74, 6) is 0.0554. The summed E-state index contributed by atoms with van der Waals surface area (Å²) >= 11 is 1.45. The van der Waals surface area contributed by atoms with Crippen molar-refractivity contribution in [2.45, 2.75) is 25.4 Å². The van der Waals surface area contributed by atoms with Crippen LogP contribution in [0.2, 0.25) is 0 Å². The van der Waals surface area contributed by atoms with E-state index in [4.69, 9.17) is 0 Å². The van der Waals surface area contributed by atoms with Gasteiger partial charge in [-0.3, -0.25) is 9.69 Å². The first-order chi connectivity index (χ1) is 11.1. The first-order valence-corrected chi connectivity index (χ1v) is 8.73. The minimum absolute atomic E-state index is 0.0554. The normalized spacial score (nSPS) is 18.1. The van der Waals surface area contributed by atoms with Gasteiger partial charge in [-0.15, -0.1) is 11.3 Å². The second-order valence-corrected chi connectivity index (χ2v) is 6.87. The van der Waals surface area contributed by atoms with Gasteiger partial charge in [-0.1, -0.05) is 18.2 Å². The monoisotopic (exact) mass is 330 g/mol. The molecule has 0 bridgehead atoms. The lowest BCUT2D eigenvalue weighted by Gasteiger charge is -2.26. The molecule has 1 aliphatic heterocycles. The molecule has 1 amide bonds. The summed E-state index contributed by atoms with van der Waals surface area (Å²) in [6, 6.07) is 8.30. The summed E-state index contributed by atoms with van der Waals surface area (Å²) in [6.07, 6.45) is 3.67. The number of carbonyl (C=O) groups is 1. The third-order valence-electron chi connectivity index (χ3n) is 4.18. The molecule has 1 aromatic carbocycles. The molecule has 1 aliphatic rings. The zero-order chi connectivity index (χ0) is 16.2. The average Bonchev–Trinajstić information content (AvgIpc) is 3.19. The number of nitrogens with one attached hydrogen (secondary N) is 1. The number of anilines is 2. The fourth-order valence-corrected chi connectivity index (χ4v) is 3.62. The van der Waals surface area contributed by atoms with E-state index in [0.717, 1.165) is 25.9 Å². The zero-order valence-electron chi connectivity index (χ0n) is 13.5. The highest BCUT2D eigenvalue weighted by atomic mass is 32.1. The lowest BCUT2D eigenvalue weighted by atomic mass is 10.1. The van der Waals surface area contributed by atoms with Crippen LogP contribution in [0.5, 0.6) is 0 Å². The molecule has 0 radical (unpaired) electrons. The molecule has 23 heavy (non-hydrogen) atoms. The number of carbonyl (C=O) groups excluding carboxylic acids is 1. The summed E-state index contributed by atoms with van der Waals surface area (Å²) in [4.78, 5) is 21.1. The van der Waals surface area contributed by atoms with Gasteiger partial charge in [-0.05, 0) is 31.0 Å². The highest BCUT2D eigenvalue weighted by Gasteiger charge is 2.31. The molecule has 3 rings (SSSR count). The van der Waals surface area contributed by atoms with Crippen LogP contribution in [-0.2, 0) is 11.3 Å². The van der Waals surface area contributed by atoms with Gasteiger partial charge in [-0.2, -0.15) is 0 Å². The molecule has 122 valence electrons. The number of amides is 1. The van der Waals surface area contributed by atoms with E-state index in [2.05, 4.69) is 58.5 Å². The van der Waals surface area contributed by atoms with Crippen molar-refractivity contribution in [3.8, 4) is 0 Å². The van der Waals surface area contributed by atoms with Gasteiger partial charge in [0, 0.05) is 37.9 Å². The summed E-state index contributed by atoms with van der Waals surface area (Å²) in [7, 11) is 4.10. The molecule has 0 saturated carbocycles. The Balaban J connectivity index is 1.71. The summed E-state index contributed by atoms with van der Waals surface area (Å²) in [5, 5.41) is 5.48. The SMILES string of the molecule is CN(C)c1ccccc1CN1CCC[C@@H]1C(=O)Nc1nccs1. The van der Waals surface area contributed by atoms with Gasteiger partial charge in [0.1, 0.15) is 0 Å². The van der Waals surface area contributed by atoms with Gasteiger partial charge in [-0.25, -0.2) is 4.98 Å². The van der Waals surface area contributed by atoms with Crippen molar-refractivity contribution < 1.29 is 4.79 Å². The van der Waals surface area contributed by atoms with Gasteiger partial charge in [0.15, 0.2) is 5.13 Å². The topological polar surface area (TPSA) is 48.5 Å². The lowest BCUT2D eigenvalue weighted by molar-refractivity contribution is -0.120. The van der Waals surface area contributed by atoms with E-state index < -0.39 is 0 Å². The number of rotatable bonds is 5. The van der Waals surface area contributed by atoms with Crippen LogP contribution in [0.3, 0.4) is 0 Å². The molecular weight excluding hydrogens is 308 g/mol. The fourth-order valence-electron chi connectivity index (χ4n) is 3.09. The quantitative estimate of drug-likeness (QED) is 0.916. The molecule has 0 unspecified atom stereocenters. The Labute approximate surface area is 140 Å². The van der Waals surface area contributed by atoms with Crippen LogP contribution >= 0.6 is 11.3 Å². The van der Waals surface area contributed by atoms with Gasteiger partial charge >= 0.3 is 0 Å². The van der Waals surface area contributed by atoms with Gasteiger partial charge in [0.2, 0.25) is 5.91 Å². The number of benzene rings is 1. The molecule has 6 heteroatoms. The molecule has 2 aromatic rings. The Kier molecular flexibility index (Phi) is 4.93. The summed E-state index contributed by atoms with van der Waals surface area (Å²) in [5.41, 5.74) is 2.46. The Bertz CT molecular complexity index is 656. The van der Waals surface area contributed by atoms with Crippen molar-refractivity contribution in [1.82, 2.24) is 9.88 Å². The number of likely N-dealkylation sites (tertiary alicyclic amines) is 1. The molecule has 1 aromatic heterocycles. The molecule has 1 atom stereocenters. The molecule has 1 saturated heterocycles. The number of aromatic nitrogens is 1. The second-order valence-electron chi connectivity index (χ2n) is 5.98. The van der Waals surface area contributed by atoms with E-state index in [-0.39, 0.29) is 11.9 Å². The molecular formula is C17H22N4OS. The van der Waals surface area contributed by atoms with E-state index in [1.54, 1.807) is 6.20 Å². The molecule has 2 heterocycles. The number of thiazole rings is 1. The third-order valence-corrected chi connectivity index (χ3v) is 4.86. The van der Waals surface area contributed by atoms with Crippen molar-refractivity contribution in [1.29, 1.82) is 0 Å². The number of hydrogen-bond donors (Lipinski definition) is 1. The lowest BCUT2D eigenvalue weighted by Crippen LogP contribution is -2.39. The van der Waals surface area contributed by atoms with Gasteiger partial charge in [0.05, 0.1) is 6.04 Å². The minimum Gasteiger partial charge on any atom is -0.377 e. The predicted octanol–water partition coefficient (Wildman–Crippen LogP) is 2.81. The van der Waals surface area contributed by atoms with Crippen LogP contribution in [0.1, 0.15) is 18.4 Å². The van der Waals surface area contributed by atoms with Crippen molar-refractivity contribution in [3.63, 3.8) is 0 Å². The predicted molar refractivity (Wildman–Crippen MR) is 94.9 cm³/mol. The Morgan fingerprint density at radius 1 is 1.43 bits per heavy atom. The van der Waals surface area contributed by atoms with E-state index in [1.165, 1.54) is 22.6 Å². The molecule has 0 aliphatic carbocycles. The Morgan fingerprint density at radius 2 is 2.26 bits per heavy atom. The van der Waals surface area contributed by atoms with Crippen molar-refractivity contribution in [2.75, 3.05) is 30.9 Å². The maximum absolute atomic E-state index is 12.5. The van der Waals surface area contributed by atoms with Crippen molar-refractivity contribution >= 4 is 28.1 Å². The van der Waals surface area contributed by atoms with E-state index in [0.29, 0.717) is 5.13 Å². The third kappa shape index (κ3) is 3.71. The molecule has 1 fully saturated rings. The van der Waals surface area contributed by atoms with E-state index in [1.807, 2.05) is 5.38 Å². The van der Waals surface area contributed by atoms with Crippen LogP contribution in [0, 0.1) is 0 Å². The Hall–Kier alpha value is -1.92. The summed E-state index contributed by atoms with van der Waals surface area (Å²) < 4.78 is 0. The standard InChI is InChI=1S/C17H22N4OS/c1-20(2)14-7-4-3-6-13(14)12-21-10-5-8-15(21)16(22)19-17-18-9-11-23-17/h3-4,6-7,9,11,15H,5,8,10,12H2,1-2H3,(H,18,19,22)/t15-/m1/s1. The number of hydrogen-bond acceptors (Lipinski definition) is 5. The van der Waals surface area contributed by atoms with Gasteiger partial charge < -0.3 is 10.2 Å². The fraction of sp³-hybridized carbons (Fsp3) is 0.412. The first kappa shape index (κ1) is 16.0. The van der Waals surface area contributed by atoms with Crippen LogP contribution in [0.25, 0.3) is 0 Å². The van der Waals surface area contributed by atoms with Crippen molar-refractivity contribution in [2.24, 2.45) is 0 Å². The van der Waals surface area contributed by atoms with Crippen LogP contribution < -0.4 is 10.2 Å². The summed E-state index contributed by atoms with van der Waals surface area (Å²) in [6.45, 7) is 1.75. The first-order valence-electron chi connectivity index (χ1n) is 7.85. The van der Waals surface area contributed by atoms with Crippen LogP contribution in [-0.4, -0.2) is 42.5 Å². The Morgan fingerprint density at radius 3 is 3.00 bits per heavy atom. The van der Waals surface area contributed by atoms with Crippen molar-refractivity contribution in [3.05, 3.63) is 41.4 Å².